The zero-order chi connectivity index (χ0) is 19.1. The largest absolute Gasteiger partial charge is 0.452 e. The van der Waals surface area contributed by atoms with Gasteiger partial charge >= 0.3 is 5.97 Å². The van der Waals surface area contributed by atoms with E-state index in [1.54, 1.807) is 18.2 Å². The fourth-order valence-electron chi connectivity index (χ4n) is 2.61. The molecule has 2 aromatic carbocycles. The second-order valence-electron chi connectivity index (χ2n) is 6.72. The van der Waals surface area contributed by atoms with E-state index in [0.29, 0.717) is 11.5 Å². The number of amides is 1. The number of benzene rings is 2. The van der Waals surface area contributed by atoms with E-state index in [1.807, 2.05) is 25.1 Å². The molecule has 26 heavy (non-hydrogen) atoms. The maximum atomic E-state index is 12.0. The highest BCUT2D eigenvalue weighted by Crippen LogP contribution is 2.16. The lowest BCUT2D eigenvalue weighted by molar-refractivity contribution is -0.124. The van der Waals surface area contributed by atoms with Crippen molar-refractivity contribution in [1.82, 2.24) is 5.32 Å². The molecule has 1 amide bonds. The van der Waals surface area contributed by atoms with Gasteiger partial charge in [-0.25, -0.2) is 4.79 Å². The van der Waals surface area contributed by atoms with Gasteiger partial charge in [-0.3, -0.25) is 4.79 Å². The van der Waals surface area contributed by atoms with Crippen molar-refractivity contribution in [3.63, 3.8) is 0 Å². The number of nitrogens with one attached hydrogen (secondary N) is 1. The molecule has 0 aliphatic carbocycles. The summed E-state index contributed by atoms with van der Waals surface area (Å²) in [4.78, 5) is 24.0. The number of hydrogen-bond donors (Lipinski definition) is 1. The van der Waals surface area contributed by atoms with E-state index in [9.17, 15) is 9.59 Å². The van der Waals surface area contributed by atoms with Crippen molar-refractivity contribution >= 4 is 27.8 Å². The van der Waals surface area contributed by atoms with Crippen molar-refractivity contribution in [3.8, 4) is 0 Å². The summed E-state index contributed by atoms with van der Waals surface area (Å²) >= 11 is 3.30. The standard InChI is InChI=1S/C21H24BrNO3/c1-14(2)11-16-7-9-17(10-8-16)15(3)23-20(24)13-26-21(25)18-5-4-6-19(22)12-18/h4-10,12,14-15H,11,13H2,1-3H3,(H,23,24)/t15-/m0/s1. The number of esters is 1. The van der Waals surface area contributed by atoms with Crippen LogP contribution < -0.4 is 5.32 Å². The number of carbonyl (C=O) groups excluding carboxylic acids is 2. The molecule has 2 aromatic rings. The Balaban J connectivity index is 1.84. The van der Waals surface area contributed by atoms with Crippen molar-refractivity contribution in [3.05, 3.63) is 69.7 Å². The van der Waals surface area contributed by atoms with Crippen LogP contribution >= 0.6 is 15.9 Å². The van der Waals surface area contributed by atoms with E-state index < -0.39 is 5.97 Å². The summed E-state index contributed by atoms with van der Waals surface area (Å²) in [6.45, 7) is 5.98. The van der Waals surface area contributed by atoms with Gasteiger partial charge in [-0.15, -0.1) is 0 Å². The number of rotatable bonds is 7. The smallest absolute Gasteiger partial charge is 0.338 e. The summed E-state index contributed by atoms with van der Waals surface area (Å²) in [6.07, 6.45) is 1.03. The zero-order valence-corrected chi connectivity index (χ0v) is 16.9. The predicted octanol–water partition coefficient (Wildman–Crippen LogP) is 4.68. The van der Waals surface area contributed by atoms with Crippen LogP contribution in [-0.4, -0.2) is 18.5 Å². The van der Waals surface area contributed by atoms with Gasteiger partial charge in [-0.2, -0.15) is 0 Å². The van der Waals surface area contributed by atoms with Crippen LogP contribution in [0.3, 0.4) is 0 Å². The minimum Gasteiger partial charge on any atom is -0.452 e. The summed E-state index contributed by atoms with van der Waals surface area (Å²) in [6, 6.07) is 14.9. The average Bonchev–Trinajstić information content (AvgIpc) is 2.59. The molecule has 0 heterocycles. The lowest BCUT2D eigenvalue weighted by Crippen LogP contribution is -2.31. The molecule has 0 unspecified atom stereocenters. The Morgan fingerprint density at radius 1 is 1.08 bits per heavy atom. The van der Waals surface area contributed by atoms with Gasteiger partial charge in [-0.1, -0.05) is 60.1 Å². The first-order chi connectivity index (χ1) is 12.3. The first-order valence-corrected chi connectivity index (χ1v) is 9.45. The lowest BCUT2D eigenvalue weighted by Gasteiger charge is -2.15. The Hall–Kier alpha value is -2.14. The van der Waals surface area contributed by atoms with Crippen LogP contribution in [0, 0.1) is 5.92 Å². The molecule has 0 saturated heterocycles. The molecule has 1 N–H and O–H groups in total. The fraction of sp³-hybridized carbons (Fsp3) is 0.333. The van der Waals surface area contributed by atoms with Crippen molar-refractivity contribution < 1.29 is 14.3 Å². The summed E-state index contributed by atoms with van der Waals surface area (Å²) in [7, 11) is 0. The second-order valence-corrected chi connectivity index (χ2v) is 7.63. The molecular formula is C21H24BrNO3. The predicted molar refractivity (Wildman–Crippen MR) is 106 cm³/mol. The zero-order valence-electron chi connectivity index (χ0n) is 15.3. The highest BCUT2D eigenvalue weighted by molar-refractivity contribution is 9.10. The topological polar surface area (TPSA) is 55.4 Å². The average molecular weight is 418 g/mol. The number of carbonyl (C=O) groups is 2. The molecule has 0 bridgehead atoms. The van der Waals surface area contributed by atoms with Crippen LogP contribution in [0.1, 0.15) is 48.3 Å². The number of halogens is 1. The third-order valence-electron chi connectivity index (χ3n) is 3.90. The summed E-state index contributed by atoms with van der Waals surface area (Å²) in [5.74, 6) is -0.239. The molecule has 0 aliphatic heterocycles. The van der Waals surface area contributed by atoms with Crippen molar-refractivity contribution in [2.24, 2.45) is 5.92 Å². The normalized spacial score (nSPS) is 11.9. The quantitative estimate of drug-likeness (QED) is 0.665. The van der Waals surface area contributed by atoms with E-state index in [0.717, 1.165) is 16.5 Å². The van der Waals surface area contributed by atoms with E-state index in [-0.39, 0.29) is 18.6 Å². The van der Waals surface area contributed by atoms with Crippen molar-refractivity contribution in [1.29, 1.82) is 0 Å². The molecule has 0 saturated carbocycles. The van der Waals surface area contributed by atoms with Crippen molar-refractivity contribution in [2.45, 2.75) is 33.2 Å². The van der Waals surface area contributed by atoms with Gasteiger partial charge in [0.15, 0.2) is 6.61 Å². The molecule has 1 atom stereocenters. The minimum absolute atomic E-state index is 0.153. The molecule has 0 spiro atoms. The highest BCUT2D eigenvalue weighted by Gasteiger charge is 2.13. The lowest BCUT2D eigenvalue weighted by atomic mass is 10.00. The van der Waals surface area contributed by atoms with Gasteiger partial charge in [0.05, 0.1) is 11.6 Å². The molecular weight excluding hydrogens is 394 g/mol. The van der Waals surface area contributed by atoms with Crippen LogP contribution in [-0.2, 0) is 16.0 Å². The molecule has 4 nitrogen and oxygen atoms in total. The van der Waals surface area contributed by atoms with Crippen LogP contribution in [0.15, 0.2) is 53.0 Å². The van der Waals surface area contributed by atoms with E-state index in [2.05, 4.69) is 47.2 Å². The molecule has 0 fully saturated rings. The third kappa shape index (κ3) is 6.30. The first kappa shape index (κ1) is 20.2. The van der Waals surface area contributed by atoms with E-state index >= 15 is 0 Å². The maximum Gasteiger partial charge on any atom is 0.338 e. The van der Waals surface area contributed by atoms with Crippen LogP contribution in [0.4, 0.5) is 0 Å². The monoisotopic (exact) mass is 417 g/mol. The minimum atomic E-state index is -0.521. The summed E-state index contributed by atoms with van der Waals surface area (Å²) in [5.41, 5.74) is 2.70. The Labute approximate surface area is 163 Å². The summed E-state index contributed by atoms with van der Waals surface area (Å²) < 4.78 is 5.86. The van der Waals surface area contributed by atoms with Gasteiger partial charge in [0, 0.05) is 4.47 Å². The molecule has 0 aromatic heterocycles. The van der Waals surface area contributed by atoms with Gasteiger partial charge in [0.25, 0.3) is 5.91 Å². The third-order valence-corrected chi connectivity index (χ3v) is 4.39. The van der Waals surface area contributed by atoms with Crippen LogP contribution in [0.25, 0.3) is 0 Å². The highest BCUT2D eigenvalue weighted by atomic mass is 79.9. The van der Waals surface area contributed by atoms with E-state index in [4.69, 9.17) is 4.74 Å². The fourth-order valence-corrected chi connectivity index (χ4v) is 3.01. The first-order valence-electron chi connectivity index (χ1n) is 8.66. The van der Waals surface area contributed by atoms with Crippen LogP contribution in [0.2, 0.25) is 0 Å². The Morgan fingerprint density at radius 2 is 1.77 bits per heavy atom. The molecule has 2 rings (SSSR count). The maximum absolute atomic E-state index is 12.0. The Bertz CT molecular complexity index is 756. The van der Waals surface area contributed by atoms with Gasteiger partial charge in [-0.05, 0) is 48.6 Å². The molecule has 138 valence electrons. The van der Waals surface area contributed by atoms with Gasteiger partial charge in [0.2, 0.25) is 0 Å². The summed E-state index contributed by atoms with van der Waals surface area (Å²) in [5, 5.41) is 2.85. The van der Waals surface area contributed by atoms with Crippen LogP contribution in [0.5, 0.6) is 0 Å². The number of ether oxygens (including phenoxy) is 1. The van der Waals surface area contributed by atoms with Crippen molar-refractivity contribution in [2.75, 3.05) is 6.61 Å². The van der Waals surface area contributed by atoms with Gasteiger partial charge in [0.1, 0.15) is 0 Å². The molecule has 0 aliphatic rings. The van der Waals surface area contributed by atoms with E-state index in [1.165, 1.54) is 5.56 Å². The molecule has 5 heteroatoms. The van der Waals surface area contributed by atoms with Gasteiger partial charge < -0.3 is 10.1 Å². The Kier molecular flexibility index (Phi) is 7.39. The second kappa shape index (κ2) is 9.53. The molecule has 0 radical (unpaired) electrons. The SMILES string of the molecule is CC(C)Cc1ccc([C@H](C)NC(=O)COC(=O)c2cccc(Br)c2)cc1. The number of hydrogen-bond acceptors (Lipinski definition) is 3. The Morgan fingerprint density at radius 3 is 2.38 bits per heavy atom.